The number of fused-ring (bicyclic) bond motifs is 3. The molecule has 1 aromatic heterocycles. The van der Waals surface area contributed by atoms with Gasteiger partial charge in [-0.25, -0.2) is 0 Å². The van der Waals surface area contributed by atoms with Crippen LogP contribution < -0.4 is 9.47 Å². The number of furan rings is 1. The zero-order valence-corrected chi connectivity index (χ0v) is 17.7. The molecule has 0 bridgehead atoms. The number of phenolic OH excluding ortho intramolecular Hbond substituents is 1. The summed E-state index contributed by atoms with van der Waals surface area (Å²) in [6.45, 7) is 1.12. The first-order valence-electron chi connectivity index (χ1n) is 10.9. The maximum atomic E-state index is 13.8. The van der Waals surface area contributed by atoms with E-state index < -0.39 is 0 Å². The molecule has 5 heteroatoms. The molecule has 0 amide bonds. The lowest BCUT2D eigenvalue weighted by atomic mass is 9.93. The molecule has 162 valence electrons. The SMILES string of the molecule is O=C(c1ccc2c(c1)OCCCO2)c1oc2cc(O)ccc2c1-c1cccc2ccccc12. The molecule has 6 rings (SSSR count). The number of benzene rings is 4. The topological polar surface area (TPSA) is 68.9 Å². The Kier molecular flexibility index (Phi) is 4.54. The van der Waals surface area contributed by atoms with E-state index in [1.54, 1.807) is 30.3 Å². The van der Waals surface area contributed by atoms with E-state index in [0.717, 1.165) is 28.1 Å². The first-order chi connectivity index (χ1) is 16.2. The second-order valence-corrected chi connectivity index (χ2v) is 8.05. The van der Waals surface area contributed by atoms with E-state index in [1.807, 2.05) is 42.5 Å². The van der Waals surface area contributed by atoms with Gasteiger partial charge in [-0.05, 0) is 46.7 Å². The molecule has 0 fully saturated rings. The molecule has 4 aromatic carbocycles. The summed E-state index contributed by atoms with van der Waals surface area (Å²) in [7, 11) is 0. The van der Waals surface area contributed by atoms with Gasteiger partial charge in [0.15, 0.2) is 17.3 Å². The highest BCUT2D eigenvalue weighted by atomic mass is 16.5. The Bertz CT molecular complexity index is 1520. The summed E-state index contributed by atoms with van der Waals surface area (Å²) < 4.78 is 17.6. The fraction of sp³-hybridized carbons (Fsp3) is 0.107. The molecule has 1 aliphatic rings. The molecular formula is C28H20O5. The summed E-state index contributed by atoms with van der Waals surface area (Å²) in [5.41, 5.74) is 2.51. The highest BCUT2D eigenvalue weighted by Gasteiger charge is 2.25. The summed E-state index contributed by atoms with van der Waals surface area (Å²) in [5.74, 6) is 1.23. The number of rotatable bonds is 3. The normalized spacial score (nSPS) is 13.2. The molecule has 0 radical (unpaired) electrons. The second-order valence-electron chi connectivity index (χ2n) is 8.05. The number of phenols is 1. The van der Waals surface area contributed by atoms with E-state index in [9.17, 15) is 9.90 Å². The lowest BCUT2D eigenvalue weighted by molar-refractivity contribution is 0.101. The van der Waals surface area contributed by atoms with Crippen molar-refractivity contribution in [1.82, 2.24) is 0 Å². The Balaban J connectivity index is 1.58. The van der Waals surface area contributed by atoms with Crippen LogP contribution in [0.1, 0.15) is 22.5 Å². The van der Waals surface area contributed by atoms with Crippen LogP contribution in [-0.4, -0.2) is 24.1 Å². The Labute approximate surface area is 189 Å². The van der Waals surface area contributed by atoms with Gasteiger partial charge in [0.25, 0.3) is 0 Å². The molecule has 2 heterocycles. The van der Waals surface area contributed by atoms with Gasteiger partial charge in [-0.15, -0.1) is 0 Å². The van der Waals surface area contributed by atoms with Gasteiger partial charge in [0.1, 0.15) is 11.3 Å². The summed E-state index contributed by atoms with van der Waals surface area (Å²) in [4.78, 5) is 13.8. The van der Waals surface area contributed by atoms with Gasteiger partial charge in [0, 0.05) is 29.0 Å². The number of aromatic hydroxyl groups is 1. The molecule has 5 aromatic rings. The zero-order valence-electron chi connectivity index (χ0n) is 17.7. The average Bonchev–Trinajstić information content (AvgIpc) is 3.04. The van der Waals surface area contributed by atoms with Gasteiger partial charge in [0.2, 0.25) is 5.78 Å². The van der Waals surface area contributed by atoms with Gasteiger partial charge in [-0.3, -0.25) is 4.79 Å². The number of hydrogen-bond donors (Lipinski definition) is 1. The highest BCUT2D eigenvalue weighted by Crippen LogP contribution is 2.41. The molecule has 1 aliphatic heterocycles. The van der Waals surface area contributed by atoms with Crippen LogP contribution in [0.15, 0.2) is 83.3 Å². The van der Waals surface area contributed by atoms with Crippen LogP contribution in [0.5, 0.6) is 17.2 Å². The fourth-order valence-electron chi connectivity index (χ4n) is 4.39. The van der Waals surface area contributed by atoms with Crippen molar-refractivity contribution in [3.63, 3.8) is 0 Å². The minimum Gasteiger partial charge on any atom is -0.508 e. The quantitative estimate of drug-likeness (QED) is 0.334. The van der Waals surface area contributed by atoms with Crippen LogP contribution in [0.3, 0.4) is 0 Å². The van der Waals surface area contributed by atoms with Crippen molar-refractivity contribution in [3.8, 4) is 28.4 Å². The minimum absolute atomic E-state index is 0.0790. The number of carbonyl (C=O) groups is 1. The first kappa shape index (κ1) is 19.4. The number of ketones is 1. The van der Waals surface area contributed by atoms with Crippen molar-refractivity contribution in [2.75, 3.05) is 13.2 Å². The van der Waals surface area contributed by atoms with Crippen LogP contribution in [-0.2, 0) is 0 Å². The van der Waals surface area contributed by atoms with Gasteiger partial charge in [-0.1, -0.05) is 42.5 Å². The molecule has 0 saturated carbocycles. The van der Waals surface area contributed by atoms with E-state index in [4.69, 9.17) is 13.9 Å². The summed E-state index contributed by atoms with van der Waals surface area (Å²) in [6, 6.07) is 24.2. The van der Waals surface area contributed by atoms with Crippen molar-refractivity contribution in [2.24, 2.45) is 0 Å². The van der Waals surface area contributed by atoms with Gasteiger partial charge in [0.05, 0.1) is 13.2 Å². The monoisotopic (exact) mass is 436 g/mol. The molecule has 0 saturated heterocycles. The van der Waals surface area contributed by atoms with Crippen molar-refractivity contribution < 1.29 is 23.8 Å². The standard InChI is InChI=1S/C28H20O5/c29-19-10-11-22-24(16-19)33-28(26(22)21-8-3-6-17-5-1-2-7-20(17)21)27(30)18-9-12-23-25(15-18)32-14-4-13-31-23/h1-3,5-12,15-16,29H,4,13-14H2. The summed E-state index contributed by atoms with van der Waals surface area (Å²) in [6.07, 6.45) is 0.788. The maximum absolute atomic E-state index is 13.8. The van der Waals surface area contributed by atoms with Crippen molar-refractivity contribution in [3.05, 3.63) is 90.2 Å². The third kappa shape index (κ3) is 3.29. The van der Waals surface area contributed by atoms with Crippen LogP contribution in [0.4, 0.5) is 0 Å². The second kappa shape index (κ2) is 7.71. The molecule has 0 atom stereocenters. The Morgan fingerprint density at radius 2 is 1.61 bits per heavy atom. The van der Waals surface area contributed by atoms with Gasteiger partial charge < -0.3 is 19.0 Å². The molecule has 0 unspecified atom stereocenters. The lowest BCUT2D eigenvalue weighted by Gasteiger charge is -2.10. The van der Waals surface area contributed by atoms with Crippen LogP contribution >= 0.6 is 0 Å². The van der Waals surface area contributed by atoms with Crippen molar-refractivity contribution in [1.29, 1.82) is 0 Å². The number of hydrogen-bond acceptors (Lipinski definition) is 5. The molecule has 5 nitrogen and oxygen atoms in total. The van der Waals surface area contributed by atoms with E-state index in [-0.39, 0.29) is 17.3 Å². The maximum Gasteiger partial charge on any atom is 0.229 e. The fourth-order valence-corrected chi connectivity index (χ4v) is 4.39. The minimum atomic E-state index is -0.260. The molecule has 1 N–H and O–H groups in total. The van der Waals surface area contributed by atoms with Crippen LogP contribution in [0.2, 0.25) is 0 Å². The van der Waals surface area contributed by atoms with Crippen LogP contribution in [0.25, 0.3) is 32.9 Å². The Morgan fingerprint density at radius 3 is 2.52 bits per heavy atom. The predicted octanol–water partition coefficient (Wildman–Crippen LogP) is 6.35. The number of carbonyl (C=O) groups excluding carboxylic acids is 1. The van der Waals surface area contributed by atoms with Gasteiger partial charge >= 0.3 is 0 Å². The first-order valence-corrected chi connectivity index (χ1v) is 10.9. The van der Waals surface area contributed by atoms with Crippen LogP contribution in [0, 0.1) is 0 Å². The van der Waals surface area contributed by atoms with Gasteiger partial charge in [-0.2, -0.15) is 0 Å². The lowest BCUT2D eigenvalue weighted by Crippen LogP contribution is -2.03. The molecule has 0 aliphatic carbocycles. The molecule has 33 heavy (non-hydrogen) atoms. The largest absolute Gasteiger partial charge is 0.508 e. The van der Waals surface area contributed by atoms with Crippen molar-refractivity contribution >= 4 is 27.5 Å². The molecule has 0 spiro atoms. The summed E-state index contributed by atoms with van der Waals surface area (Å²) in [5, 5.41) is 12.9. The predicted molar refractivity (Wildman–Crippen MR) is 126 cm³/mol. The van der Waals surface area contributed by atoms with Crippen molar-refractivity contribution in [2.45, 2.75) is 6.42 Å². The Morgan fingerprint density at radius 1 is 0.788 bits per heavy atom. The third-order valence-electron chi connectivity index (χ3n) is 5.95. The van der Waals surface area contributed by atoms with E-state index >= 15 is 0 Å². The smallest absolute Gasteiger partial charge is 0.229 e. The number of ether oxygens (including phenoxy) is 2. The van der Waals surface area contributed by atoms with E-state index in [2.05, 4.69) is 0 Å². The highest BCUT2D eigenvalue weighted by molar-refractivity contribution is 6.18. The third-order valence-corrected chi connectivity index (χ3v) is 5.95. The summed E-state index contributed by atoms with van der Waals surface area (Å²) >= 11 is 0. The average molecular weight is 436 g/mol. The molecular weight excluding hydrogens is 416 g/mol. The van der Waals surface area contributed by atoms with E-state index in [0.29, 0.717) is 41.4 Å². The Hall–Kier alpha value is -4.25. The van der Waals surface area contributed by atoms with E-state index in [1.165, 1.54) is 6.07 Å². The zero-order chi connectivity index (χ0) is 22.4.